The van der Waals surface area contributed by atoms with E-state index in [1.54, 1.807) is 30.3 Å². The Morgan fingerprint density at radius 2 is 1.65 bits per heavy atom. The number of rotatable bonds is 1. The normalized spacial score (nSPS) is 11.5. The van der Waals surface area contributed by atoms with Crippen LogP contribution >= 0.6 is 12.2 Å². The first-order chi connectivity index (χ1) is 8.00. The minimum atomic E-state index is -4.46. The Hall–Kier alpha value is -1.62. The second kappa shape index (κ2) is 4.33. The number of hydrogen-bond donors (Lipinski definition) is 1. The highest BCUT2D eigenvalue weighted by Crippen LogP contribution is 2.36. The number of H-pyrrole nitrogens is 1. The summed E-state index contributed by atoms with van der Waals surface area (Å²) in [6, 6.07) is 9.56. The van der Waals surface area contributed by atoms with Gasteiger partial charge in [0.25, 0.3) is 0 Å². The van der Waals surface area contributed by atoms with Crippen molar-refractivity contribution >= 4 is 12.2 Å². The summed E-state index contributed by atoms with van der Waals surface area (Å²) < 4.78 is 38.5. The zero-order valence-corrected chi connectivity index (χ0v) is 9.40. The van der Waals surface area contributed by atoms with Crippen molar-refractivity contribution in [2.75, 3.05) is 0 Å². The molecule has 1 aromatic heterocycles. The van der Waals surface area contributed by atoms with Gasteiger partial charge < -0.3 is 4.98 Å². The minimum absolute atomic E-state index is 0.00519. The SMILES string of the molecule is FC(F)(F)c1c(-c2ccccc2)[nH]ccc1=S. The summed E-state index contributed by atoms with van der Waals surface area (Å²) in [4.78, 5) is 2.61. The third kappa shape index (κ3) is 2.39. The maximum absolute atomic E-state index is 12.9. The van der Waals surface area contributed by atoms with Gasteiger partial charge in [-0.05, 0) is 11.6 Å². The molecule has 0 spiro atoms. The molecule has 1 aromatic carbocycles. The van der Waals surface area contributed by atoms with Crippen LogP contribution in [-0.2, 0) is 6.18 Å². The van der Waals surface area contributed by atoms with Crippen LogP contribution in [0, 0.1) is 4.51 Å². The van der Waals surface area contributed by atoms with Crippen molar-refractivity contribution < 1.29 is 13.2 Å². The molecule has 0 radical (unpaired) electrons. The smallest absolute Gasteiger partial charge is 0.361 e. The van der Waals surface area contributed by atoms with Gasteiger partial charge in [0.2, 0.25) is 0 Å². The largest absolute Gasteiger partial charge is 0.419 e. The molecule has 1 heterocycles. The van der Waals surface area contributed by atoms with Crippen molar-refractivity contribution in [3.8, 4) is 11.3 Å². The van der Waals surface area contributed by atoms with Crippen molar-refractivity contribution in [1.82, 2.24) is 4.98 Å². The Balaban J connectivity index is 2.72. The summed E-state index contributed by atoms with van der Waals surface area (Å²) in [6.07, 6.45) is -3.04. The van der Waals surface area contributed by atoms with Crippen LogP contribution in [0.4, 0.5) is 13.2 Å². The molecular formula is C12H8F3NS. The van der Waals surface area contributed by atoms with Gasteiger partial charge in [0, 0.05) is 6.20 Å². The molecule has 17 heavy (non-hydrogen) atoms. The molecular weight excluding hydrogens is 247 g/mol. The van der Waals surface area contributed by atoms with E-state index in [4.69, 9.17) is 12.2 Å². The lowest BCUT2D eigenvalue weighted by Gasteiger charge is -2.12. The molecule has 0 aliphatic heterocycles. The van der Waals surface area contributed by atoms with Crippen LogP contribution in [0.1, 0.15) is 5.56 Å². The Bertz CT molecular complexity index is 572. The fourth-order valence-electron chi connectivity index (χ4n) is 1.59. The van der Waals surface area contributed by atoms with E-state index < -0.39 is 11.7 Å². The molecule has 0 bridgehead atoms. The summed E-state index contributed by atoms with van der Waals surface area (Å²) >= 11 is 4.75. The van der Waals surface area contributed by atoms with Gasteiger partial charge in [-0.15, -0.1) is 0 Å². The van der Waals surface area contributed by atoms with Crippen molar-refractivity contribution in [2.45, 2.75) is 6.18 Å². The second-order valence-electron chi connectivity index (χ2n) is 3.46. The molecule has 0 aliphatic rings. The average molecular weight is 255 g/mol. The molecule has 0 atom stereocenters. The first kappa shape index (κ1) is 11.9. The van der Waals surface area contributed by atoms with Crippen LogP contribution in [0.15, 0.2) is 42.6 Å². The average Bonchev–Trinajstić information content (AvgIpc) is 2.28. The van der Waals surface area contributed by atoms with Gasteiger partial charge in [-0.25, -0.2) is 0 Å². The number of hydrogen-bond acceptors (Lipinski definition) is 1. The van der Waals surface area contributed by atoms with E-state index in [1.165, 1.54) is 12.3 Å². The number of halogens is 3. The Labute approximate surface area is 101 Å². The van der Waals surface area contributed by atoms with Gasteiger partial charge in [0.05, 0.1) is 15.8 Å². The first-order valence-corrected chi connectivity index (χ1v) is 5.25. The standard InChI is InChI=1S/C12H8F3NS/c13-12(14,15)10-9(17)6-7-16-11(10)8-4-2-1-3-5-8/h1-7H,(H,16,17). The number of nitrogens with one attached hydrogen (secondary N) is 1. The van der Waals surface area contributed by atoms with Crippen LogP contribution in [0.3, 0.4) is 0 Å². The highest BCUT2D eigenvalue weighted by atomic mass is 32.1. The van der Waals surface area contributed by atoms with E-state index in [0.29, 0.717) is 5.56 Å². The van der Waals surface area contributed by atoms with Gasteiger partial charge in [0.1, 0.15) is 0 Å². The van der Waals surface area contributed by atoms with Crippen LogP contribution in [0.5, 0.6) is 0 Å². The van der Waals surface area contributed by atoms with Crippen LogP contribution in [0.25, 0.3) is 11.3 Å². The molecule has 0 saturated heterocycles. The zero-order chi connectivity index (χ0) is 12.5. The van der Waals surface area contributed by atoms with E-state index >= 15 is 0 Å². The quantitative estimate of drug-likeness (QED) is 0.745. The molecule has 0 fully saturated rings. The third-order valence-electron chi connectivity index (χ3n) is 2.30. The van der Waals surface area contributed by atoms with E-state index in [0.717, 1.165) is 0 Å². The summed E-state index contributed by atoms with van der Waals surface area (Å²) in [5.74, 6) is 0. The van der Waals surface area contributed by atoms with Crippen LogP contribution < -0.4 is 0 Å². The predicted octanol–water partition coefficient (Wildman–Crippen LogP) is 4.43. The maximum Gasteiger partial charge on any atom is 0.419 e. The molecule has 0 unspecified atom stereocenters. The Morgan fingerprint density at radius 3 is 2.24 bits per heavy atom. The second-order valence-corrected chi connectivity index (χ2v) is 3.90. The molecule has 2 aromatic rings. The highest BCUT2D eigenvalue weighted by molar-refractivity contribution is 7.71. The number of benzene rings is 1. The summed E-state index contributed by atoms with van der Waals surface area (Å²) in [6.45, 7) is 0. The Kier molecular flexibility index (Phi) is 3.02. The third-order valence-corrected chi connectivity index (χ3v) is 2.64. The predicted molar refractivity (Wildman–Crippen MR) is 62.1 cm³/mol. The van der Waals surface area contributed by atoms with Gasteiger partial charge >= 0.3 is 6.18 Å². The lowest BCUT2D eigenvalue weighted by molar-refractivity contribution is -0.137. The van der Waals surface area contributed by atoms with Gasteiger partial charge in [-0.3, -0.25) is 0 Å². The molecule has 1 nitrogen and oxygen atoms in total. The van der Waals surface area contributed by atoms with E-state index in [2.05, 4.69) is 4.98 Å². The van der Waals surface area contributed by atoms with E-state index in [9.17, 15) is 13.2 Å². The maximum atomic E-state index is 12.9. The zero-order valence-electron chi connectivity index (χ0n) is 8.58. The van der Waals surface area contributed by atoms with Crippen molar-refractivity contribution in [1.29, 1.82) is 0 Å². The summed E-state index contributed by atoms with van der Waals surface area (Å²) in [7, 11) is 0. The number of aromatic amines is 1. The molecule has 0 saturated carbocycles. The lowest BCUT2D eigenvalue weighted by atomic mass is 10.1. The van der Waals surface area contributed by atoms with Crippen LogP contribution in [-0.4, -0.2) is 4.98 Å². The number of aromatic nitrogens is 1. The molecule has 5 heteroatoms. The monoisotopic (exact) mass is 255 g/mol. The highest BCUT2D eigenvalue weighted by Gasteiger charge is 2.35. The van der Waals surface area contributed by atoms with Gasteiger partial charge in [-0.1, -0.05) is 42.5 Å². The molecule has 88 valence electrons. The summed E-state index contributed by atoms with van der Waals surface area (Å²) in [5, 5.41) is 0. The molecule has 0 aliphatic carbocycles. The fourth-order valence-corrected chi connectivity index (χ4v) is 1.88. The fraction of sp³-hybridized carbons (Fsp3) is 0.0833. The molecule has 1 N–H and O–H groups in total. The Morgan fingerprint density at radius 1 is 1.00 bits per heavy atom. The van der Waals surface area contributed by atoms with E-state index in [-0.39, 0.29) is 10.2 Å². The number of alkyl halides is 3. The van der Waals surface area contributed by atoms with Crippen molar-refractivity contribution in [3.63, 3.8) is 0 Å². The van der Waals surface area contributed by atoms with E-state index in [1.807, 2.05) is 0 Å². The first-order valence-electron chi connectivity index (χ1n) is 4.84. The van der Waals surface area contributed by atoms with Crippen molar-refractivity contribution in [3.05, 3.63) is 52.7 Å². The topological polar surface area (TPSA) is 15.8 Å². The number of pyridine rings is 1. The summed E-state index contributed by atoms with van der Waals surface area (Å²) in [5.41, 5.74) is -0.321. The van der Waals surface area contributed by atoms with Gasteiger partial charge in [-0.2, -0.15) is 13.2 Å². The van der Waals surface area contributed by atoms with Crippen molar-refractivity contribution in [2.24, 2.45) is 0 Å². The molecule has 0 amide bonds. The van der Waals surface area contributed by atoms with Crippen LogP contribution in [0.2, 0.25) is 0 Å². The lowest BCUT2D eigenvalue weighted by Crippen LogP contribution is -2.09. The minimum Gasteiger partial charge on any atom is -0.361 e. The molecule has 2 rings (SSSR count). The van der Waals surface area contributed by atoms with Gasteiger partial charge in [0.15, 0.2) is 0 Å².